The summed E-state index contributed by atoms with van der Waals surface area (Å²) < 4.78 is 44.8. The van der Waals surface area contributed by atoms with Gasteiger partial charge in [0.25, 0.3) is 0 Å². The van der Waals surface area contributed by atoms with Gasteiger partial charge in [0.1, 0.15) is 0 Å². The number of rotatable bonds is 0. The van der Waals surface area contributed by atoms with Crippen molar-refractivity contribution in [3.63, 3.8) is 0 Å². The summed E-state index contributed by atoms with van der Waals surface area (Å²) >= 11 is 0. The Balaban J connectivity index is 2.15. The van der Waals surface area contributed by atoms with Crippen LogP contribution in [0.1, 0.15) is 12.8 Å². The maximum Gasteiger partial charge on any atom is 0.425 e. The summed E-state index contributed by atoms with van der Waals surface area (Å²) in [5.41, 5.74) is 0. The minimum Gasteiger partial charge on any atom is -0.264 e. The minimum absolute atomic E-state index is 0.0881. The summed E-state index contributed by atoms with van der Waals surface area (Å²) in [5, 5.41) is 0.670. The molecule has 3 fully saturated rings. The van der Waals surface area contributed by atoms with Crippen LogP contribution in [0.3, 0.4) is 0 Å². The number of fused-ring (bicyclic) bond motifs is 3. The summed E-state index contributed by atoms with van der Waals surface area (Å²) in [5.74, 6) is -2.59. The van der Waals surface area contributed by atoms with Gasteiger partial charge in [-0.2, -0.15) is 22.1 Å². The first-order valence-corrected chi connectivity index (χ1v) is 5.70. The van der Waals surface area contributed by atoms with Crippen molar-refractivity contribution in [1.82, 2.24) is 9.96 Å². The van der Waals surface area contributed by atoms with Crippen LogP contribution in [0.4, 0.5) is 9.18 Å². The number of hydrogen-bond acceptors (Lipinski definition) is 5. The zero-order valence-electron chi connectivity index (χ0n) is 7.42. The Labute approximate surface area is 84.6 Å². The highest BCUT2D eigenvalue weighted by Gasteiger charge is 2.61. The molecule has 0 aromatic carbocycles. The number of urea groups is 1. The molecule has 0 aliphatic carbocycles. The van der Waals surface area contributed by atoms with Crippen molar-refractivity contribution >= 4 is 16.4 Å². The first-order valence-electron chi connectivity index (χ1n) is 4.36. The first-order chi connectivity index (χ1) is 6.91. The molecule has 0 aromatic heterocycles. The van der Waals surface area contributed by atoms with Gasteiger partial charge in [-0.15, -0.1) is 4.28 Å². The summed E-state index contributed by atoms with van der Waals surface area (Å²) in [6, 6.07) is -1.22. The number of halogens is 1. The highest BCUT2D eigenvalue weighted by Crippen LogP contribution is 2.42. The highest BCUT2D eigenvalue weighted by molar-refractivity contribution is 7.81. The largest absolute Gasteiger partial charge is 0.425 e. The fourth-order valence-electron chi connectivity index (χ4n) is 2.05. The van der Waals surface area contributed by atoms with Crippen molar-refractivity contribution in [1.29, 1.82) is 0 Å². The number of alkyl halides is 1. The summed E-state index contributed by atoms with van der Waals surface area (Å²) in [6.45, 7) is 0.0881. The lowest BCUT2D eigenvalue weighted by molar-refractivity contribution is -0.188. The molecule has 0 spiro atoms. The standard InChI is InChI=1S/C6H7FN2O5S/c7-6-2-1-4-3-8(6)5(10)9(4)14-15(11,12)13-6/h4H,1-3H2/t4-,6-/m1/s1. The third kappa shape index (κ3) is 1.11. The molecule has 2 atom stereocenters. The van der Waals surface area contributed by atoms with Crippen LogP contribution in [0.25, 0.3) is 0 Å². The second kappa shape index (κ2) is 2.42. The van der Waals surface area contributed by atoms with Gasteiger partial charge in [-0.3, -0.25) is 4.90 Å². The molecule has 2 amide bonds. The molecule has 3 aliphatic rings. The molecule has 15 heavy (non-hydrogen) atoms. The lowest BCUT2D eigenvalue weighted by atomic mass is 10.1. The van der Waals surface area contributed by atoms with Crippen molar-refractivity contribution in [2.24, 2.45) is 0 Å². The van der Waals surface area contributed by atoms with E-state index in [1.165, 1.54) is 0 Å². The molecule has 3 bridgehead atoms. The van der Waals surface area contributed by atoms with Crippen LogP contribution in [0, 0.1) is 0 Å². The van der Waals surface area contributed by atoms with Gasteiger partial charge in [0.2, 0.25) is 0 Å². The fraction of sp³-hybridized carbons (Fsp3) is 0.833. The molecule has 3 saturated heterocycles. The Bertz CT molecular complexity index is 439. The monoisotopic (exact) mass is 238 g/mol. The Morgan fingerprint density at radius 2 is 2.27 bits per heavy atom. The van der Waals surface area contributed by atoms with E-state index >= 15 is 0 Å². The molecule has 3 heterocycles. The van der Waals surface area contributed by atoms with Crippen LogP contribution < -0.4 is 0 Å². The van der Waals surface area contributed by atoms with Gasteiger partial charge in [-0.05, 0) is 6.42 Å². The van der Waals surface area contributed by atoms with E-state index in [0.717, 1.165) is 4.90 Å². The van der Waals surface area contributed by atoms with E-state index in [-0.39, 0.29) is 13.0 Å². The van der Waals surface area contributed by atoms with E-state index < -0.39 is 28.5 Å². The summed E-state index contributed by atoms with van der Waals surface area (Å²) in [6.07, 6.45) is 0.150. The molecule has 84 valence electrons. The quantitative estimate of drug-likeness (QED) is 0.542. The number of nitrogens with zero attached hydrogens (tertiary/aromatic N) is 2. The van der Waals surface area contributed by atoms with Crippen molar-refractivity contribution in [3.05, 3.63) is 0 Å². The van der Waals surface area contributed by atoms with Crippen LogP contribution >= 0.6 is 0 Å². The molecule has 0 saturated carbocycles. The van der Waals surface area contributed by atoms with Gasteiger partial charge in [0, 0.05) is 6.42 Å². The van der Waals surface area contributed by atoms with Crippen molar-refractivity contribution in [2.75, 3.05) is 6.54 Å². The van der Waals surface area contributed by atoms with Crippen molar-refractivity contribution < 1.29 is 26.1 Å². The first kappa shape index (κ1) is 9.31. The van der Waals surface area contributed by atoms with Crippen LogP contribution in [0.2, 0.25) is 0 Å². The maximum absolute atomic E-state index is 14.0. The normalized spacial score (nSPS) is 42.2. The van der Waals surface area contributed by atoms with Crippen LogP contribution in [0.15, 0.2) is 0 Å². The van der Waals surface area contributed by atoms with Crippen molar-refractivity contribution in [3.8, 4) is 0 Å². The van der Waals surface area contributed by atoms with Crippen LogP contribution in [-0.4, -0.2) is 43.0 Å². The number of hydroxylamine groups is 2. The minimum atomic E-state index is -4.48. The van der Waals surface area contributed by atoms with Crippen molar-refractivity contribution in [2.45, 2.75) is 24.9 Å². The molecule has 0 unspecified atom stereocenters. The van der Waals surface area contributed by atoms with E-state index in [2.05, 4.69) is 8.47 Å². The lowest BCUT2D eigenvalue weighted by Gasteiger charge is -2.35. The zero-order chi connectivity index (χ0) is 10.8. The Morgan fingerprint density at radius 3 is 3.00 bits per heavy atom. The number of amides is 2. The van der Waals surface area contributed by atoms with Gasteiger partial charge in [0.15, 0.2) is 0 Å². The lowest BCUT2D eigenvalue weighted by Crippen LogP contribution is -2.51. The smallest absolute Gasteiger partial charge is 0.264 e. The third-order valence-electron chi connectivity index (χ3n) is 2.73. The number of carbonyl (C=O) groups excluding carboxylic acids is 1. The Hall–Kier alpha value is -0.930. The van der Waals surface area contributed by atoms with Gasteiger partial charge in [-0.1, -0.05) is 0 Å². The molecule has 0 N–H and O–H groups in total. The number of piperidine rings is 1. The summed E-state index contributed by atoms with van der Waals surface area (Å²) in [7, 11) is -4.48. The van der Waals surface area contributed by atoms with Gasteiger partial charge >= 0.3 is 22.4 Å². The predicted octanol–water partition coefficient (Wildman–Crippen LogP) is -0.284. The Kier molecular flexibility index (Phi) is 1.50. The molecular formula is C6H7FN2O5S. The highest BCUT2D eigenvalue weighted by atomic mass is 32.3. The number of hydrogen-bond donors (Lipinski definition) is 0. The maximum atomic E-state index is 14.0. The van der Waals surface area contributed by atoms with E-state index in [1.807, 2.05) is 0 Å². The molecule has 0 aromatic rings. The van der Waals surface area contributed by atoms with E-state index in [9.17, 15) is 17.6 Å². The third-order valence-corrected chi connectivity index (χ3v) is 3.54. The molecule has 3 aliphatic heterocycles. The van der Waals surface area contributed by atoms with E-state index in [0.29, 0.717) is 11.5 Å². The average Bonchev–Trinajstić information content (AvgIpc) is 2.32. The molecule has 0 radical (unpaired) electrons. The molecule has 9 heteroatoms. The second-order valence-corrected chi connectivity index (χ2v) is 4.80. The molecular weight excluding hydrogens is 231 g/mol. The fourth-order valence-corrected chi connectivity index (χ4v) is 2.95. The Morgan fingerprint density at radius 1 is 1.53 bits per heavy atom. The number of carbonyl (C=O) groups is 1. The summed E-state index contributed by atoms with van der Waals surface area (Å²) in [4.78, 5) is 12.2. The van der Waals surface area contributed by atoms with Gasteiger partial charge < -0.3 is 0 Å². The second-order valence-electron chi connectivity index (χ2n) is 3.67. The van der Waals surface area contributed by atoms with Crippen LogP contribution in [0.5, 0.6) is 0 Å². The predicted molar refractivity (Wildman–Crippen MR) is 41.9 cm³/mol. The van der Waals surface area contributed by atoms with E-state index in [4.69, 9.17) is 0 Å². The van der Waals surface area contributed by atoms with Crippen LogP contribution in [-0.2, 0) is 18.9 Å². The molecule has 7 nitrogen and oxygen atoms in total. The SMILES string of the molecule is O=C1N2OS(=O)(=O)O[C@@]3(F)CC[C@@H]2CN13. The molecule has 3 rings (SSSR count). The average molecular weight is 238 g/mol. The van der Waals surface area contributed by atoms with Gasteiger partial charge in [0.05, 0.1) is 12.6 Å². The zero-order valence-corrected chi connectivity index (χ0v) is 8.24. The topological polar surface area (TPSA) is 76.1 Å². The van der Waals surface area contributed by atoms with E-state index in [1.54, 1.807) is 0 Å². The van der Waals surface area contributed by atoms with Gasteiger partial charge in [-0.25, -0.2) is 4.79 Å².